The predicted molar refractivity (Wildman–Crippen MR) is 97.8 cm³/mol. The fraction of sp³-hybridized carbons (Fsp3) is 0.611. The summed E-state index contributed by atoms with van der Waals surface area (Å²) in [5.41, 5.74) is 1.25. The maximum absolute atomic E-state index is 12.0. The van der Waals surface area contributed by atoms with Crippen molar-refractivity contribution in [3.8, 4) is 0 Å². The predicted octanol–water partition coefficient (Wildman–Crippen LogP) is 1.57. The molecule has 1 N–H and O–H groups in total. The Labute approximate surface area is 150 Å². The number of nitrogens with one attached hydrogen (secondary N) is 1. The summed E-state index contributed by atoms with van der Waals surface area (Å²) in [5, 5.41) is 2.86. The lowest BCUT2D eigenvalue weighted by atomic mass is 10.1. The molecule has 1 amide bonds. The van der Waals surface area contributed by atoms with Crippen LogP contribution in [0.5, 0.6) is 0 Å². The molecule has 140 valence electrons. The summed E-state index contributed by atoms with van der Waals surface area (Å²) in [6, 6.07) is 10.1. The van der Waals surface area contributed by atoms with E-state index in [1.165, 1.54) is 16.1 Å². The average molecular weight is 368 g/mol. The number of amides is 1. The van der Waals surface area contributed by atoms with Crippen molar-refractivity contribution in [3.05, 3.63) is 35.9 Å². The van der Waals surface area contributed by atoms with E-state index in [9.17, 15) is 13.2 Å². The summed E-state index contributed by atoms with van der Waals surface area (Å²) < 4.78 is 30.6. The lowest BCUT2D eigenvalue weighted by Gasteiger charge is -2.22. The van der Waals surface area contributed by atoms with Gasteiger partial charge in [0, 0.05) is 32.7 Å². The number of sulfonamides is 1. The van der Waals surface area contributed by atoms with Crippen LogP contribution >= 0.6 is 0 Å². The van der Waals surface area contributed by atoms with Crippen molar-refractivity contribution in [1.29, 1.82) is 0 Å². The molecule has 1 aromatic rings. The molecule has 25 heavy (non-hydrogen) atoms. The third kappa shape index (κ3) is 7.54. The molecule has 1 saturated heterocycles. The van der Waals surface area contributed by atoms with Gasteiger partial charge in [-0.3, -0.25) is 4.79 Å². The van der Waals surface area contributed by atoms with Crippen LogP contribution in [0.3, 0.4) is 0 Å². The molecule has 1 fully saturated rings. The minimum atomic E-state index is -3.34. The molecule has 1 heterocycles. The van der Waals surface area contributed by atoms with E-state index in [-0.39, 0.29) is 25.0 Å². The van der Waals surface area contributed by atoms with E-state index >= 15 is 0 Å². The number of aryl methyl sites for hydroxylation is 1. The number of hydrogen-bond acceptors (Lipinski definition) is 4. The van der Waals surface area contributed by atoms with Crippen molar-refractivity contribution < 1.29 is 17.9 Å². The molecule has 2 rings (SSSR count). The Morgan fingerprint density at radius 3 is 2.72 bits per heavy atom. The minimum Gasteiger partial charge on any atom is -0.377 e. The van der Waals surface area contributed by atoms with Crippen molar-refractivity contribution in [1.82, 2.24) is 9.62 Å². The van der Waals surface area contributed by atoms with E-state index in [0.717, 1.165) is 25.7 Å². The Morgan fingerprint density at radius 1 is 1.32 bits per heavy atom. The first-order valence-corrected chi connectivity index (χ1v) is 10.7. The molecule has 1 aliphatic heterocycles. The van der Waals surface area contributed by atoms with Crippen LogP contribution in [0, 0.1) is 0 Å². The Kier molecular flexibility index (Phi) is 7.87. The molecule has 6 nitrogen and oxygen atoms in total. The quantitative estimate of drug-likeness (QED) is 0.636. The van der Waals surface area contributed by atoms with E-state index < -0.39 is 10.0 Å². The summed E-state index contributed by atoms with van der Waals surface area (Å²) in [7, 11) is -3.34. The van der Waals surface area contributed by atoms with Gasteiger partial charge in [0.05, 0.1) is 12.4 Å². The number of ether oxygens (including phenoxy) is 1. The Morgan fingerprint density at radius 2 is 2.08 bits per heavy atom. The molecule has 0 aliphatic carbocycles. The molecule has 1 aliphatic rings. The number of benzene rings is 1. The first kappa shape index (κ1) is 19.9. The summed E-state index contributed by atoms with van der Waals surface area (Å²) in [6.45, 7) is 1.81. The number of carbonyl (C=O) groups excluding carboxylic acids is 1. The molecule has 1 aromatic carbocycles. The highest BCUT2D eigenvalue weighted by Crippen LogP contribution is 2.15. The summed E-state index contributed by atoms with van der Waals surface area (Å²) in [4.78, 5) is 12.0. The summed E-state index contributed by atoms with van der Waals surface area (Å²) in [5.74, 6) is -0.117. The lowest BCUT2D eigenvalue weighted by Crippen LogP contribution is -2.39. The minimum absolute atomic E-state index is 0.0522. The van der Waals surface area contributed by atoms with Gasteiger partial charge in [-0.05, 0) is 31.2 Å². The number of nitrogens with zero attached hydrogens (tertiary/aromatic N) is 1. The second-order valence-corrected chi connectivity index (χ2v) is 8.43. The summed E-state index contributed by atoms with van der Waals surface area (Å²) in [6.07, 6.45) is 4.91. The SMILES string of the molecule is CS(=O)(=O)N(CCC(=O)NCCCc1ccccc1)CC1CCCO1. The molecular weight excluding hydrogens is 340 g/mol. The second kappa shape index (κ2) is 9.89. The Balaban J connectivity index is 1.67. The van der Waals surface area contributed by atoms with Gasteiger partial charge in [-0.25, -0.2) is 8.42 Å². The van der Waals surface area contributed by atoms with Gasteiger partial charge >= 0.3 is 0 Å². The monoisotopic (exact) mass is 368 g/mol. The van der Waals surface area contributed by atoms with Gasteiger partial charge in [-0.2, -0.15) is 4.31 Å². The normalized spacial score (nSPS) is 17.8. The fourth-order valence-corrected chi connectivity index (χ4v) is 3.75. The van der Waals surface area contributed by atoms with Gasteiger partial charge in [0.2, 0.25) is 15.9 Å². The van der Waals surface area contributed by atoms with E-state index in [1.54, 1.807) is 0 Å². The zero-order chi connectivity index (χ0) is 18.1. The van der Waals surface area contributed by atoms with Crippen molar-refractivity contribution >= 4 is 15.9 Å². The molecule has 0 radical (unpaired) electrons. The highest BCUT2D eigenvalue weighted by molar-refractivity contribution is 7.88. The molecule has 0 aromatic heterocycles. The van der Waals surface area contributed by atoms with Crippen molar-refractivity contribution in [2.24, 2.45) is 0 Å². The van der Waals surface area contributed by atoms with Gasteiger partial charge in [0.15, 0.2) is 0 Å². The second-order valence-electron chi connectivity index (χ2n) is 6.45. The van der Waals surface area contributed by atoms with Crippen molar-refractivity contribution in [2.75, 3.05) is 32.5 Å². The van der Waals surface area contributed by atoms with Gasteiger partial charge in [0.1, 0.15) is 0 Å². The highest BCUT2D eigenvalue weighted by Gasteiger charge is 2.24. The van der Waals surface area contributed by atoms with Crippen LogP contribution in [0.1, 0.15) is 31.2 Å². The van der Waals surface area contributed by atoms with Crippen LogP contribution in [0.15, 0.2) is 30.3 Å². The maximum Gasteiger partial charge on any atom is 0.221 e. The van der Waals surface area contributed by atoms with Crippen LogP contribution < -0.4 is 5.32 Å². The number of rotatable bonds is 10. The maximum atomic E-state index is 12.0. The smallest absolute Gasteiger partial charge is 0.221 e. The van der Waals surface area contributed by atoms with Crippen LogP contribution in [0.4, 0.5) is 0 Å². The first-order chi connectivity index (χ1) is 11.9. The Bertz CT molecular complexity index is 628. The average Bonchev–Trinajstić information content (AvgIpc) is 3.08. The van der Waals surface area contributed by atoms with Gasteiger partial charge in [-0.15, -0.1) is 0 Å². The van der Waals surface area contributed by atoms with Crippen LogP contribution in [-0.2, 0) is 26.0 Å². The van der Waals surface area contributed by atoms with E-state index in [0.29, 0.717) is 19.7 Å². The topological polar surface area (TPSA) is 75.7 Å². The molecule has 0 saturated carbocycles. The third-order valence-electron chi connectivity index (χ3n) is 4.30. The standard InChI is InChI=1S/C18H28N2O4S/c1-25(22,23)20(15-17-10-6-14-24-17)13-11-18(21)19-12-5-9-16-7-3-2-4-8-16/h2-4,7-8,17H,5-6,9-15H2,1H3,(H,19,21). The van der Waals surface area contributed by atoms with Crippen LogP contribution in [0.25, 0.3) is 0 Å². The van der Waals surface area contributed by atoms with Crippen molar-refractivity contribution in [3.63, 3.8) is 0 Å². The largest absolute Gasteiger partial charge is 0.377 e. The molecular formula is C18H28N2O4S. The van der Waals surface area contributed by atoms with Crippen LogP contribution in [0.2, 0.25) is 0 Å². The van der Waals surface area contributed by atoms with E-state index in [4.69, 9.17) is 4.74 Å². The number of hydrogen-bond donors (Lipinski definition) is 1. The zero-order valence-electron chi connectivity index (χ0n) is 14.8. The van der Waals surface area contributed by atoms with Gasteiger partial charge in [-0.1, -0.05) is 30.3 Å². The highest BCUT2D eigenvalue weighted by atomic mass is 32.2. The van der Waals surface area contributed by atoms with E-state index in [2.05, 4.69) is 17.4 Å². The zero-order valence-corrected chi connectivity index (χ0v) is 15.6. The third-order valence-corrected chi connectivity index (χ3v) is 5.57. The molecule has 1 atom stereocenters. The lowest BCUT2D eigenvalue weighted by molar-refractivity contribution is -0.121. The van der Waals surface area contributed by atoms with Crippen molar-refractivity contribution in [2.45, 2.75) is 38.2 Å². The first-order valence-electron chi connectivity index (χ1n) is 8.82. The van der Waals surface area contributed by atoms with Gasteiger partial charge < -0.3 is 10.1 Å². The Hall–Kier alpha value is -1.44. The molecule has 0 bridgehead atoms. The molecule has 0 spiro atoms. The van der Waals surface area contributed by atoms with Gasteiger partial charge in [0.25, 0.3) is 0 Å². The van der Waals surface area contributed by atoms with Crippen LogP contribution in [-0.4, -0.2) is 57.2 Å². The molecule has 7 heteroatoms. The van der Waals surface area contributed by atoms with E-state index in [1.807, 2.05) is 18.2 Å². The number of carbonyl (C=O) groups is 1. The summed E-state index contributed by atoms with van der Waals surface area (Å²) >= 11 is 0. The molecule has 1 unspecified atom stereocenters. The fourth-order valence-electron chi connectivity index (χ4n) is 2.89.